The zero-order valence-electron chi connectivity index (χ0n) is 156. The van der Waals surface area contributed by atoms with Gasteiger partial charge in [0.15, 0.2) is 57.5 Å². The number of hydrogen-bond acceptors (Lipinski definition) is 20. The predicted molar refractivity (Wildman–Crippen MR) is 465 cm³/mol. The molecule has 5 fully saturated rings. The zero-order chi connectivity index (χ0) is 165. The van der Waals surface area contributed by atoms with E-state index in [1.165, 1.54) is 13.8 Å². The van der Waals surface area contributed by atoms with Gasteiger partial charge < -0.3 is 47.4 Å². The highest BCUT2D eigenvalue weighted by Gasteiger charge is 2.45. The van der Waals surface area contributed by atoms with E-state index in [2.05, 4.69) is 0 Å². The normalized spacial score (nSPS) is 50.6. The van der Waals surface area contributed by atoms with E-state index in [-0.39, 0.29) is 27.0 Å². The summed E-state index contributed by atoms with van der Waals surface area (Å²) in [6, 6.07) is -28.7. The predicted octanol–water partition coefficient (Wildman–Crippen LogP) is 17.4. The molecule has 0 aliphatic carbocycles. The fourth-order valence-corrected chi connectivity index (χ4v) is 11.7. The van der Waals surface area contributed by atoms with Crippen LogP contribution in [0.2, 0.25) is 0 Å². The third-order valence-electron chi connectivity index (χ3n) is 17.3. The van der Waals surface area contributed by atoms with Gasteiger partial charge in [-0.25, -0.2) is 0 Å². The van der Waals surface area contributed by atoms with Gasteiger partial charge in [-0.15, -0.1) is 0 Å². The lowest BCUT2D eigenvalue weighted by molar-refractivity contribution is -0.130. The summed E-state index contributed by atoms with van der Waals surface area (Å²) in [5.74, 6) is -47.4. The van der Waals surface area contributed by atoms with E-state index < -0.39 is 520 Å². The molecular formula is C98H141N5O15. The highest BCUT2D eigenvalue weighted by Crippen LogP contribution is 2.49. The van der Waals surface area contributed by atoms with Gasteiger partial charge in [0, 0.05) is 240 Å². The summed E-state index contributed by atoms with van der Waals surface area (Å²) in [6.45, 7) is -39.6. The second kappa shape index (κ2) is 41.7. The molecule has 5 aromatic carbocycles. The maximum Gasteiger partial charge on any atom is 0.161 e. The second-order valence-corrected chi connectivity index (χ2v) is 25.8. The molecule has 13 atom stereocenters. The van der Waals surface area contributed by atoms with Gasteiger partial charge >= 0.3 is 0 Å². The minimum Gasteiger partial charge on any atom is -0.493 e. The Kier molecular flexibility index (Phi) is 10.4. The van der Waals surface area contributed by atoms with Crippen molar-refractivity contribution in [1.29, 1.82) is 0 Å². The Morgan fingerprint density at radius 1 is 0.373 bits per heavy atom. The van der Waals surface area contributed by atoms with E-state index in [1.807, 2.05) is 0 Å². The molecule has 0 aromatic heterocycles. The monoisotopic (exact) mass is 1720 g/mol. The number of piperidine rings is 5. The number of ketones is 5. The van der Waals surface area contributed by atoms with E-state index in [0.29, 0.717) is 25.7 Å². The third-order valence-corrected chi connectivity index (χ3v) is 17.3. The van der Waals surface area contributed by atoms with Crippen LogP contribution in [0.1, 0.15) is 363 Å². The summed E-state index contributed by atoms with van der Waals surface area (Å²) in [7, 11) is -11.9. The van der Waals surface area contributed by atoms with Crippen molar-refractivity contribution in [3.8, 4) is 57.5 Å². The molecule has 15 rings (SSSR count). The summed E-state index contributed by atoms with van der Waals surface area (Å²) >= 11 is 0. The Labute approximate surface area is 833 Å². The molecule has 0 radical (unpaired) electrons. The first-order chi connectivity index (χ1) is 91.7. The molecule has 5 aromatic rings. The molecule has 10 aliphatic heterocycles. The van der Waals surface area contributed by atoms with Gasteiger partial charge in [0.2, 0.25) is 0 Å². The fraction of sp³-hybridized carbons (Fsp3) is 0.643. The van der Waals surface area contributed by atoms with E-state index >= 15 is 0 Å². The maximum atomic E-state index is 14.1. The number of fused-ring (bicyclic) bond motifs is 15. The second-order valence-electron chi connectivity index (χ2n) is 25.8. The number of carbonyl (C=O) groups is 5. The first-order valence-corrected chi connectivity index (χ1v) is 34.9. The van der Waals surface area contributed by atoms with Crippen LogP contribution < -0.4 is 47.4 Å². The molecule has 0 N–H and O–H groups in total. The highest BCUT2D eigenvalue weighted by atomic mass is 16.5. The molecule has 0 amide bonds. The number of nitrogens with zero attached hydrogens (tertiary/aromatic N) is 5. The molecular weight excluding hydrogens is 1490 g/mol. The lowest BCUT2D eigenvalue weighted by Crippen LogP contribution is -2.46. The topological polar surface area (TPSA) is 194 Å². The largest absolute Gasteiger partial charge is 0.493 e. The summed E-state index contributed by atoms with van der Waals surface area (Å²) in [6.07, 6.45) is -55.9. The molecule has 5 saturated heterocycles. The molecule has 10 heterocycles. The number of Topliss-reactive ketones (excluding diaryl/α,β-unsaturated/α-hetero) is 5. The zero-order valence-corrected chi connectivity index (χ0v) is 64.7. The van der Waals surface area contributed by atoms with E-state index in [0.717, 1.165) is 35.5 Å². The Morgan fingerprint density at radius 2 is 0.661 bits per heavy atom. The van der Waals surface area contributed by atoms with Crippen LogP contribution in [0.25, 0.3) is 0 Å². The van der Waals surface area contributed by atoms with Crippen LogP contribution >= 0.6 is 0 Å². The molecule has 20 heteroatoms. The Hall–Kier alpha value is -7.75. The third kappa shape index (κ3) is 21.0. The van der Waals surface area contributed by atoms with Crippen LogP contribution in [0.15, 0.2) is 60.4 Å². The van der Waals surface area contributed by atoms with Crippen LogP contribution in [0.5, 0.6) is 57.5 Å². The minimum absolute atomic E-state index is 0.0243. The molecule has 0 saturated carbocycles. The lowest BCUT2D eigenvalue weighted by atomic mass is 9.79. The van der Waals surface area contributed by atoms with Crippen LogP contribution in [0.4, 0.5) is 0 Å². The quantitative estimate of drug-likeness (QED) is 0.0598. The number of hydrogen-bond donors (Lipinski definition) is 0. The van der Waals surface area contributed by atoms with Crippen molar-refractivity contribution in [1.82, 2.24) is 24.5 Å². The smallest absolute Gasteiger partial charge is 0.161 e. The highest BCUT2D eigenvalue weighted by molar-refractivity contribution is 5.86. The van der Waals surface area contributed by atoms with Crippen molar-refractivity contribution in [3.63, 3.8) is 0 Å². The number of ether oxygens (including phenoxy) is 10. The summed E-state index contributed by atoms with van der Waals surface area (Å²) in [5, 5.41) is 0. The van der Waals surface area contributed by atoms with Crippen molar-refractivity contribution in [3.05, 3.63) is 116 Å². The molecule has 0 spiro atoms. The molecule has 13 unspecified atom stereocenters. The van der Waals surface area contributed by atoms with Crippen LogP contribution in [-0.4, -0.2) is 189 Å². The van der Waals surface area contributed by atoms with Crippen LogP contribution in [0.3, 0.4) is 0 Å². The summed E-state index contributed by atoms with van der Waals surface area (Å²) in [4.78, 5) is 67.6. The summed E-state index contributed by atoms with van der Waals surface area (Å²) in [5.41, 5.74) is -11.4. The van der Waals surface area contributed by atoms with E-state index in [1.54, 1.807) is 13.8 Å². The van der Waals surface area contributed by atoms with Gasteiger partial charge in [0.1, 0.15) is 28.9 Å². The van der Waals surface area contributed by atoms with Crippen molar-refractivity contribution in [2.24, 2.45) is 59.0 Å². The van der Waals surface area contributed by atoms with Gasteiger partial charge in [0.05, 0.1) is 112 Å². The van der Waals surface area contributed by atoms with E-state index in [4.69, 9.17) is 167 Å². The average Bonchev–Trinajstić information content (AvgIpc) is 0.630. The number of rotatable bonds is 23. The Bertz CT molecular complexity index is 8740. The fourth-order valence-electron chi connectivity index (χ4n) is 11.7. The lowest BCUT2D eigenvalue weighted by Gasteiger charge is -2.43. The van der Waals surface area contributed by atoms with Gasteiger partial charge in [-0.3, -0.25) is 48.5 Å². The SMILES string of the molecule is [2H]c1c(OC([2H])([2H])[2H])c(OC)c([2H])c2c1C([2H])([2H])C([2H])([2H])N1C([2H])([2H])C([2H])(C([2H])([2H])C([2H])(C([2H])([2H])[2H])C([2H])([2H])C)C(=O)C([2H])([2H])C21[2H].[2H]c1c(OC([2H])([2H])[2H])c(OC)c([2H])c2c1C([2H])([2H])C([2H])([2H])N1C([2H])([2H])C([2H])(CC(C)C)C(=O)C([2H])([2H])C21[2H].[2H]c1c(OC([2H])([2H])[2H])c(OC)c([2H])c2c1C([2H])([2H])C([2H])([2H])N1CC([2H])(C([2H])([2H])C([2H])(C([2H])([2H])[2H])C([2H])([2H])C)C(=O)C([2H])([2H])C21[2H].[2H]c1c(OC)c(OC([2H])([2H])[2H])c([2H])c2c1C1([2H])CC(=O)C(C([2H])([2H])C([2H])(C([2H])([2H])[2H])C([2H])([2H])C)C([2H])([2H])N1C([2H])([2H])C2([2H])[2H].[2H]c1c(OC)c(OC([2H])([2H])[2H])c([2H])c2c1C1([2H])CC(=O)C(CC(C)C)C([2H])([2H])N1C([2H])([2H])C2([2H])[2H]. The van der Waals surface area contributed by atoms with Crippen molar-refractivity contribution >= 4 is 28.9 Å². The van der Waals surface area contributed by atoms with Gasteiger partial charge in [-0.2, -0.15) is 0 Å². The maximum absolute atomic E-state index is 14.1. The standard InChI is InChI=1S/3C20H29NO3.2C19H27NO3/c3*1-5-13(2)8-15-12-21-7-6-14-9-19(23-3)20(24-4)10-16(14)17(21)11-18(15)22;2*1-12(2)7-14-11-20-6-5-13-8-18(22-3)19(23-4)9-15(13)16(20)10-17(14)21/h3*9-10,13,15,17H,5-8,11-12H2,1-4H3;2*8-9,12,14,16H,5-7,10-11H2,1-4H3/i2D3,3D3,5D2,6D2,7D2,8D2,9D,10D,11D2,12D2,13D,15D,17D;2D3,3D3,5D2,6D2,7D2,8D2,9D,10D,11D2,13D,15D,17D;2D3,3D3,5D2,6D2,7D2,8D2,9D,10D,12D2,13D,17D;3D3,5D2,6D2,8D,9D,10D2,11D2,14D,16D;3D3,5D2,6D2,8D,9D,11D2,16D. The van der Waals surface area contributed by atoms with Gasteiger partial charge in [-0.05, 0) is 209 Å². The van der Waals surface area contributed by atoms with Gasteiger partial charge in [0.25, 0.3) is 0 Å². The number of methoxy groups -OCH3 is 10. The van der Waals surface area contributed by atoms with E-state index in [9.17, 15) is 29.5 Å². The van der Waals surface area contributed by atoms with Gasteiger partial charge in [-0.1, -0.05) is 88.1 Å². The molecule has 0 bridgehead atoms. The van der Waals surface area contributed by atoms with Crippen LogP contribution in [0, 0.1) is 59.0 Å². The number of benzene rings is 5. The molecule has 20 nitrogen and oxygen atoms in total. The first-order valence-electron chi connectivity index (χ1n) is 80.4. The minimum atomic E-state index is -4.69. The number of carbonyl (C=O) groups excluding carboxylic acids is 5. The molecule has 10 aliphatic rings. The van der Waals surface area contributed by atoms with Crippen LogP contribution in [-0.2, 0) is 55.8 Å². The summed E-state index contributed by atoms with van der Waals surface area (Å²) < 4.78 is 810. The van der Waals surface area contributed by atoms with Crippen molar-refractivity contribution in [2.45, 2.75) is 214 Å². The molecule has 118 heavy (non-hydrogen) atoms. The van der Waals surface area contributed by atoms with Crippen molar-refractivity contribution in [2.75, 3.05) is 136 Å². The Balaban J connectivity index is 0.000000240. The Morgan fingerprint density at radius 3 is 1.01 bits per heavy atom. The molecule has 648 valence electrons. The first kappa shape index (κ1) is 29.5. The van der Waals surface area contributed by atoms with Crippen molar-refractivity contribution < 1.29 is 196 Å². The average molecular weight is 1720 g/mol.